The number of aromatic nitrogens is 3. The molecule has 0 spiro atoms. The molecule has 2 aliphatic rings. The van der Waals surface area contributed by atoms with Crippen LogP contribution in [-0.4, -0.2) is 44.7 Å². The van der Waals surface area contributed by atoms with Crippen LogP contribution in [-0.2, 0) is 4.79 Å². The maximum Gasteiger partial charge on any atom is 0.313 e. The van der Waals surface area contributed by atoms with E-state index in [1.54, 1.807) is 0 Å². The van der Waals surface area contributed by atoms with Gasteiger partial charge >= 0.3 is 5.97 Å². The lowest BCUT2D eigenvalue weighted by Crippen LogP contribution is -2.25. The topological polar surface area (TPSA) is 71.2 Å². The van der Waals surface area contributed by atoms with Crippen molar-refractivity contribution in [3.05, 3.63) is 0 Å². The molecule has 6 nitrogen and oxygen atoms in total. The van der Waals surface area contributed by atoms with E-state index in [9.17, 15) is 4.79 Å². The average Bonchev–Trinajstić information content (AvgIpc) is 3.15. The van der Waals surface area contributed by atoms with Crippen LogP contribution < -0.4 is 4.90 Å². The molecule has 0 unspecified atom stereocenters. The summed E-state index contributed by atoms with van der Waals surface area (Å²) in [7, 11) is 0. The number of anilines is 1. The van der Waals surface area contributed by atoms with Crippen LogP contribution in [0, 0.1) is 0 Å². The molecule has 0 aromatic carbocycles. The molecule has 0 bridgehead atoms. The quantitative estimate of drug-likeness (QED) is 0.843. The van der Waals surface area contributed by atoms with Gasteiger partial charge in [-0.05, 0) is 25.7 Å². The summed E-state index contributed by atoms with van der Waals surface area (Å²) < 4.78 is 2.22. The first-order chi connectivity index (χ1) is 10.3. The molecule has 116 valence electrons. The van der Waals surface area contributed by atoms with E-state index in [2.05, 4.69) is 19.7 Å². The van der Waals surface area contributed by atoms with Crippen molar-refractivity contribution in [3.8, 4) is 0 Å². The maximum absolute atomic E-state index is 10.8. The average molecular weight is 310 g/mol. The molecule has 0 amide bonds. The number of hydrogen-bond donors (Lipinski definition) is 1. The van der Waals surface area contributed by atoms with Crippen molar-refractivity contribution in [3.63, 3.8) is 0 Å². The van der Waals surface area contributed by atoms with Gasteiger partial charge in [0.1, 0.15) is 0 Å². The first-order valence-corrected chi connectivity index (χ1v) is 8.78. The fourth-order valence-corrected chi connectivity index (χ4v) is 4.01. The third kappa shape index (κ3) is 3.33. The Balaban J connectivity index is 1.86. The Labute approximate surface area is 128 Å². The first-order valence-electron chi connectivity index (χ1n) is 7.80. The zero-order valence-corrected chi connectivity index (χ0v) is 13.0. The number of carboxylic acids is 1. The number of rotatable bonds is 5. The van der Waals surface area contributed by atoms with Gasteiger partial charge in [-0.2, -0.15) is 0 Å². The second-order valence-corrected chi connectivity index (χ2v) is 6.76. The smallest absolute Gasteiger partial charge is 0.313 e. The SMILES string of the molecule is O=C(O)CSc1nnc(N2CCCC2)n1C1CCCCC1. The third-order valence-electron chi connectivity index (χ3n) is 4.30. The third-order valence-corrected chi connectivity index (χ3v) is 5.23. The fraction of sp³-hybridized carbons (Fsp3) is 0.786. The van der Waals surface area contributed by atoms with E-state index in [1.165, 1.54) is 43.9 Å². The van der Waals surface area contributed by atoms with Crippen LogP contribution in [0.3, 0.4) is 0 Å². The summed E-state index contributed by atoms with van der Waals surface area (Å²) in [6.07, 6.45) is 8.50. The molecule has 1 aromatic rings. The van der Waals surface area contributed by atoms with Crippen molar-refractivity contribution < 1.29 is 9.90 Å². The summed E-state index contributed by atoms with van der Waals surface area (Å²) in [5, 5.41) is 18.3. The van der Waals surface area contributed by atoms with Gasteiger partial charge < -0.3 is 10.0 Å². The Morgan fingerprint density at radius 2 is 1.86 bits per heavy atom. The van der Waals surface area contributed by atoms with Gasteiger partial charge in [-0.1, -0.05) is 31.0 Å². The Morgan fingerprint density at radius 1 is 1.14 bits per heavy atom. The molecule has 1 saturated heterocycles. The van der Waals surface area contributed by atoms with E-state index in [0.717, 1.165) is 37.0 Å². The lowest BCUT2D eigenvalue weighted by molar-refractivity contribution is -0.133. The standard InChI is InChI=1S/C14H22N4O2S/c19-12(20)10-21-14-16-15-13(17-8-4-5-9-17)18(14)11-6-2-1-3-7-11/h11H,1-10H2,(H,19,20). The van der Waals surface area contributed by atoms with Crippen LogP contribution in [0.15, 0.2) is 5.16 Å². The minimum absolute atomic E-state index is 0.0465. The van der Waals surface area contributed by atoms with Crippen molar-refractivity contribution >= 4 is 23.7 Å². The Bertz CT molecular complexity index is 493. The number of nitrogens with zero attached hydrogens (tertiary/aromatic N) is 4. The van der Waals surface area contributed by atoms with Gasteiger partial charge in [0.2, 0.25) is 5.95 Å². The van der Waals surface area contributed by atoms with E-state index in [-0.39, 0.29) is 5.75 Å². The van der Waals surface area contributed by atoms with E-state index < -0.39 is 5.97 Å². The van der Waals surface area contributed by atoms with Gasteiger partial charge in [-0.25, -0.2) is 0 Å². The molecule has 0 atom stereocenters. The van der Waals surface area contributed by atoms with Crippen LogP contribution in [0.1, 0.15) is 51.0 Å². The Kier molecular flexibility index (Phi) is 4.67. The zero-order valence-electron chi connectivity index (χ0n) is 12.2. The molecule has 1 aliphatic carbocycles. The number of aliphatic carboxylic acids is 1. The predicted molar refractivity (Wildman–Crippen MR) is 82.0 cm³/mol. The van der Waals surface area contributed by atoms with Crippen molar-refractivity contribution in [1.29, 1.82) is 0 Å². The van der Waals surface area contributed by atoms with Crippen LogP contribution >= 0.6 is 11.8 Å². The molecular weight excluding hydrogens is 288 g/mol. The maximum atomic E-state index is 10.8. The van der Waals surface area contributed by atoms with Crippen molar-refractivity contribution in [2.45, 2.75) is 56.1 Å². The van der Waals surface area contributed by atoms with E-state index in [4.69, 9.17) is 5.11 Å². The number of carbonyl (C=O) groups is 1. The van der Waals surface area contributed by atoms with Crippen molar-refractivity contribution in [2.75, 3.05) is 23.7 Å². The predicted octanol–water partition coefficient (Wildman–Crippen LogP) is 2.56. The van der Waals surface area contributed by atoms with Crippen molar-refractivity contribution in [2.24, 2.45) is 0 Å². The summed E-state index contributed by atoms with van der Waals surface area (Å²) in [5.74, 6) is 0.193. The van der Waals surface area contributed by atoms with Gasteiger partial charge in [0.05, 0.1) is 5.75 Å². The molecule has 21 heavy (non-hydrogen) atoms. The second-order valence-electron chi connectivity index (χ2n) is 5.82. The molecule has 2 heterocycles. The lowest BCUT2D eigenvalue weighted by Gasteiger charge is -2.28. The minimum Gasteiger partial charge on any atom is -0.481 e. The van der Waals surface area contributed by atoms with Gasteiger partial charge in [0.15, 0.2) is 5.16 Å². The van der Waals surface area contributed by atoms with Gasteiger partial charge in [-0.3, -0.25) is 9.36 Å². The van der Waals surface area contributed by atoms with Gasteiger partial charge in [0, 0.05) is 19.1 Å². The molecule has 1 aliphatic heterocycles. The molecule has 1 N–H and O–H groups in total. The molecule has 3 rings (SSSR count). The number of hydrogen-bond acceptors (Lipinski definition) is 5. The highest BCUT2D eigenvalue weighted by Gasteiger charge is 2.27. The Hall–Kier alpha value is -1.24. The summed E-state index contributed by atoms with van der Waals surface area (Å²) in [5.41, 5.74) is 0. The fourth-order valence-electron chi connectivity index (χ4n) is 3.29. The normalized spacial score (nSPS) is 20.1. The van der Waals surface area contributed by atoms with Gasteiger partial charge in [0.25, 0.3) is 0 Å². The summed E-state index contributed by atoms with van der Waals surface area (Å²) in [4.78, 5) is 13.1. The highest BCUT2D eigenvalue weighted by Crippen LogP contribution is 2.35. The van der Waals surface area contributed by atoms with E-state index >= 15 is 0 Å². The first kappa shape index (κ1) is 14.7. The van der Waals surface area contributed by atoms with Crippen LogP contribution in [0.2, 0.25) is 0 Å². The molecule has 1 saturated carbocycles. The largest absolute Gasteiger partial charge is 0.481 e. The molecule has 0 radical (unpaired) electrons. The number of thioether (sulfide) groups is 1. The number of carboxylic acid groups (broad SMARTS) is 1. The summed E-state index contributed by atoms with van der Waals surface area (Å²) in [6, 6.07) is 0.431. The Morgan fingerprint density at radius 3 is 2.52 bits per heavy atom. The van der Waals surface area contributed by atoms with E-state index in [0.29, 0.717) is 6.04 Å². The van der Waals surface area contributed by atoms with E-state index in [1.807, 2.05) is 0 Å². The second kappa shape index (κ2) is 6.68. The highest BCUT2D eigenvalue weighted by atomic mass is 32.2. The highest BCUT2D eigenvalue weighted by molar-refractivity contribution is 7.99. The molecule has 2 fully saturated rings. The van der Waals surface area contributed by atoms with Crippen molar-refractivity contribution in [1.82, 2.24) is 14.8 Å². The molecule has 1 aromatic heterocycles. The summed E-state index contributed by atoms with van der Waals surface area (Å²) in [6.45, 7) is 2.07. The lowest BCUT2D eigenvalue weighted by atomic mass is 9.95. The van der Waals surface area contributed by atoms with Crippen LogP contribution in [0.5, 0.6) is 0 Å². The molecule has 7 heteroatoms. The van der Waals surface area contributed by atoms with Crippen LogP contribution in [0.25, 0.3) is 0 Å². The monoisotopic (exact) mass is 310 g/mol. The zero-order chi connectivity index (χ0) is 14.7. The van der Waals surface area contributed by atoms with Crippen LogP contribution in [0.4, 0.5) is 5.95 Å². The minimum atomic E-state index is -0.805. The summed E-state index contributed by atoms with van der Waals surface area (Å²) >= 11 is 1.29. The molecular formula is C14H22N4O2S. The van der Waals surface area contributed by atoms with Gasteiger partial charge in [-0.15, -0.1) is 10.2 Å².